The molecule has 0 spiro atoms. The van der Waals surface area contributed by atoms with Crippen molar-refractivity contribution in [1.29, 1.82) is 0 Å². The molecule has 6 nitrogen and oxygen atoms in total. The maximum atomic E-state index is 9.97. The van der Waals surface area contributed by atoms with Crippen molar-refractivity contribution in [1.82, 2.24) is 0 Å². The highest BCUT2D eigenvalue weighted by Gasteiger charge is 2.20. The summed E-state index contributed by atoms with van der Waals surface area (Å²) in [6.45, 7) is 0. The molecule has 4 N–H and O–H groups in total. The molecule has 0 unspecified atom stereocenters. The Bertz CT molecular complexity index is 145. The molecule has 10 heavy (non-hydrogen) atoms. The number of carboxylic acid groups (broad SMARTS) is 2. The van der Waals surface area contributed by atoms with Crippen LogP contribution in [0.1, 0.15) is 6.42 Å². The maximum Gasteiger partial charge on any atom is 0.363 e. The minimum absolute atomic E-state index is 0.108. The van der Waals surface area contributed by atoms with Gasteiger partial charge in [0.05, 0.1) is 0 Å². The van der Waals surface area contributed by atoms with Crippen molar-refractivity contribution in [2.24, 2.45) is 0 Å². The van der Waals surface area contributed by atoms with Crippen LogP contribution in [0.25, 0.3) is 0 Å². The summed E-state index contributed by atoms with van der Waals surface area (Å²) in [5.41, 5.74) is 0.108. The fourth-order valence-electron chi connectivity index (χ4n) is 0.382. The summed E-state index contributed by atoms with van der Waals surface area (Å²) < 4.78 is 0. The van der Waals surface area contributed by atoms with Gasteiger partial charge >= 0.3 is 11.9 Å². The molecule has 0 aromatic carbocycles. The lowest BCUT2D eigenvalue weighted by Crippen LogP contribution is -2.86. The van der Waals surface area contributed by atoms with E-state index >= 15 is 0 Å². The Labute approximate surface area is 56.0 Å². The summed E-state index contributed by atoms with van der Waals surface area (Å²) in [7, 11) is 0. The summed E-state index contributed by atoms with van der Waals surface area (Å²) >= 11 is 0. The molecule has 0 aliphatic carbocycles. The van der Waals surface area contributed by atoms with E-state index in [0.717, 1.165) is 0 Å². The van der Waals surface area contributed by atoms with Crippen LogP contribution in [0.2, 0.25) is 0 Å². The molecule has 0 rings (SSSR count). The third kappa shape index (κ3) is 3.00. The highest BCUT2D eigenvalue weighted by Crippen LogP contribution is 1.84. The van der Waals surface area contributed by atoms with Crippen molar-refractivity contribution in [2.45, 2.75) is 12.5 Å². The zero-order valence-corrected chi connectivity index (χ0v) is 4.98. The smallest absolute Gasteiger partial charge is 0.363 e. The van der Waals surface area contributed by atoms with Crippen LogP contribution in [0, 0.1) is 5.21 Å². The van der Waals surface area contributed by atoms with E-state index in [4.69, 9.17) is 10.2 Å². The van der Waals surface area contributed by atoms with Crippen molar-refractivity contribution >= 4 is 11.9 Å². The van der Waals surface area contributed by atoms with E-state index < -0.39 is 24.4 Å². The first-order valence-electron chi connectivity index (χ1n) is 2.47. The fourth-order valence-corrected chi connectivity index (χ4v) is 0.382. The first-order valence-corrected chi connectivity index (χ1v) is 2.47. The highest BCUT2D eigenvalue weighted by molar-refractivity contribution is 5.79. The number of hydrogen-bond acceptors (Lipinski definition) is 3. The van der Waals surface area contributed by atoms with Crippen LogP contribution >= 0.6 is 0 Å². The summed E-state index contributed by atoms with van der Waals surface area (Å²) in [4.78, 5) is 19.8. The van der Waals surface area contributed by atoms with Gasteiger partial charge in [0.2, 0.25) is 0 Å². The molecule has 0 fully saturated rings. The Morgan fingerprint density at radius 1 is 1.50 bits per heavy atom. The number of nitrogens with two attached hydrogens (primary N) is 1. The summed E-state index contributed by atoms with van der Waals surface area (Å²) in [6, 6.07) is -1.42. The van der Waals surface area contributed by atoms with Gasteiger partial charge in [0, 0.05) is 0 Å². The van der Waals surface area contributed by atoms with E-state index in [-0.39, 0.29) is 5.48 Å². The zero-order chi connectivity index (χ0) is 8.15. The molecule has 0 bridgehead atoms. The maximum absolute atomic E-state index is 9.97. The Kier molecular flexibility index (Phi) is 3.37. The normalized spacial score (nSPS) is 12.5. The molecule has 6 heteroatoms. The number of rotatable bonds is 4. The molecule has 1 atom stereocenters. The second kappa shape index (κ2) is 3.80. The molecule has 0 saturated carbocycles. The standard InChI is InChI=1S/C4H7NO5/c6-3(7)1-2(5-10)4(8)9/h2H,1,5H2,(H,6,7)(H,8,9)/t2-/m1/s1. The van der Waals surface area contributed by atoms with Crippen LogP contribution in [-0.2, 0) is 9.59 Å². The van der Waals surface area contributed by atoms with Crippen LogP contribution in [0.5, 0.6) is 0 Å². The van der Waals surface area contributed by atoms with Crippen LogP contribution in [0.3, 0.4) is 0 Å². The SMILES string of the molecule is O=C(O)C[C@@H]([NH2+][O-])C(=O)O. The Balaban J connectivity index is 3.83. The predicted octanol–water partition coefficient (Wildman–Crippen LogP) is -2.02. The molecule has 58 valence electrons. The van der Waals surface area contributed by atoms with Crippen LogP contribution in [-0.4, -0.2) is 28.2 Å². The quantitative estimate of drug-likeness (QED) is 0.399. The molecule has 0 aromatic rings. The van der Waals surface area contributed by atoms with Gasteiger partial charge in [-0.15, -0.1) is 0 Å². The van der Waals surface area contributed by atoms with E-state index in [1.807, 2.05) is 0 Å². The van der Waals surface area contributed by atoms with Gasteiger partial charge in [-0.2, -0.15) is 0 Å². The van der Waals surface area contributed by atoms with Gasteiger partial charge in [-0.3, -0.25) is 4.79 Å². The lowest BCUT2D eigenvalue weighted by atomic mass is 10.2. The number of aliphatic carboxylic acids is 2. The van der Waals surface area contributed by atoms with Gasteiger partial charge in [-0.25, -0.2) is 4.79 Å². The monoisotopic (exact) mass is 149 g/mol. The molecule has 0 heterocycles. The first kappa shape index (κ1) is 8.86. The Morgan fingerprint density at radius 3 is 2.10 bits per heavy atom. The largest absolute Gasteiger partial charge is 0.635 e. The predicted molar refractivity (Wildman–Crippen MR) is 29.0 cm³/mol. The summed E-state index contributed by atoms with van der Waals surface area (Å²) in [6.07, 6.45) is -0.654. The van der Waals surface area contributed by atoms with Crippen molar-refractivity contribution in [3.63, 3.8) is 0 Å². The van der Waals surface area contributed by atoms with Gasteiger partial charge in [0.15, 0.2) is 6.04 Å². The third-order valence-corrected chi connectivity index (χ3v) is 0.876. The molecule has 0 saturated heterocycles. The van der Waals surface area contributed by atoms with Crippen LogP contribution in [0.4, 0.5) is 0 Å². The molecule has 0 radical (unpaired) electrons. The summed E-state index contributed by atoms with van der Waals surface area (Å²) in [5.74, 6) is -2.70. The zero-order valence-electron chi connectivity index (χ0n) is 4.98. The Morgan fingerprint density at radius 2 is 2.00 bits per heavy atom. The topological polar surface area (TPSA) is 114 Å². The minimum Gasteiger partial charge on any atom is -0.635 e. The van der Waals surface area contributed by atoms with E-state index in [9.17, 15) is 14.8 Å². The van der Waals surface area contributed by atoms with Gasteiger partial charge < -0.3 is 20.9 Å². The third-order valence-electron chi connectivity index (χ3n) is 0.876. The summed E-state index contributed by atoms with van der Waals surface area (Å²) in [5, 5.41) is 26.0. The lowest BCUT2D eigenvalue weighted by molar-refractivity contribution is -0.614. The van der Waals surface area contributed by atoms with Crippen molar-refractivity contribution in [3.8, 4) is 0 Å². The first-order chi connectivity index (χ1) is 4.57. The second-order valence-electron chi connectivity index (χ2n) is 1.68. The van der Waals surface area contributed by atoms with E-state index in [1.165, 1.54) is 0 Å². The fraction of sp³-hybridized carbons (Fsp3) is 0.500. The molecule has 0 amide bonds. The molecule has 0 aliphatic heterocycles. The minimum atomic E-state index is -1.42. The van der Waals surface area contributed by atoms with E-state index in [0.29, 0.717) is 0 Å². The van der Waals surface area contributed by atoms with Gasteiger partial charge in [-0.1, -0.05) is 0 Å². The number of carbonyl (C=O) groups is 2. The number of quaternary nitrogens is 1. The molecule has 0 aliphatic rings. The average molecular weight is 149 g/mol. The van der Waals surface area contributed by atoms with Gasteiger partial charge in [-0.05, 0) is 0 Å². The van der Waals surface area contributed by atoms with Crippen molar-refractivity contribution in [3.05, 3.63) is 5.21 Å². The number of hydroxylamine groups is 1. The Hall–Kier alpha value is -1.14. The van der Waals surface area contributed by atoms with Crippen molar-refractivity contribution < 1.29 is 25.3 Å². The number of carboxylic acids is 2. The molecule has 0 aromatic heterocycles. The lowest BCUT2D eigenvalue weighted by Gasteiger charge is -2.08. The molecular weight excluding hydrogens is 142 g/mol. The van der Waals surface area contributed by atoms with Crippen molar-refractivity contribution in [2.75, 3.05) is 0 Å². The van der Waals surface area contributed by atoms with E-state index in [2.05, 4.69) is 0 Å². The average Bonchev–Trinajstić information content (AvgIpc) is 1.81. The highest BCUT2D eigenvalue weighted by atomic mass is 16.5. The molecular formula is C4H7NO5. The van der Waals surface area contributed by atoms with Gasteiger partial charge in [0.1, 0.15) is 6.42 Å². The second-order valence-corrected chi connectivity index (χ2v) is 1.68. The van der Waals surface area contributed by atoms with Gasteiger partial charge in [0.25, 0.3) is 0 Å². The van der Waals surface area contributed by atoms with Crippen LogP contribution in [0.15, 0.2) is 0 Å². The van der Waals surface area contributed by atoms with Crippen LogP contribution < -0.4 is 5.48 Å². The van der Waals surface area contributed by atoms with E-state index in [1.54, 1.807) is 0 Å². The number of hydrogen-bond donors (Lipinski definition) is 3.